The number of benzene rings is 1. The summed E-state index contributed by atoms with van der Waals surface area (Å²) in [4.78, 5) is 21.2. The molecule has 0 unspecified atom stereocenters. The van der Waals surface area contributed by atoms with Crippen LogP contribution in [0.4, 0.5) is 0 Å². The molecule has 0 aliphatic carbocycles. The number of aromatic nitrogens is 4. The molecule has 8 nitrogen and oxygen atoms in total. The van der Waals surface area contributed by atoms with Gasteiger partial charge in [0.15, 0.2) is 11.5 Å². The molecule has 27 heavy (non-hydrogen) atoms. The van der Waals surface area contributed by atoms with Gasteiger partial charge in [-0.2, -0.15) is 4.98 Å². The summed E-state index contributed by atoms with van der Waals surface area (Å²) in [5, 5.41) is 7.55. The lowest BCUT2D eigenvalue weighted by Gasteiger charge is -2.10. The van der Waals surface area contributed by atoms with E-state index >= 15 is 0 Å². The predicted molar refractivity (Wildman–Crippen MR) is 100.0 cm³/mol. The van der Waals surface area contributed by atoms with Crippen molar-refractivity contribution in [1.29, 1.82) is 0 Å². The van der Waals surface area contributed by atoms with Crippen molar-refractivity contribution in [3.05, 3.63) is 41.2 Å². The summed E-state index contributed by atoms with van der Waals surface area (Å²) in [7, 11) is 0. The van der Waals surface area contributed by atoms with Gasteiger partial charge in [-0.1, -0.05) is 17.8 Å². The number of hydrogen-bond donors (Lipinski definition) is 1. The molecule has 4 rings (SSSR count). The molecule has 1 amide bonds. The Kier molecular flexibility index (Phi) is 4.61. The lowest BCUT2D eigenvalue weighted by Crippen LogP contribution is -2.30. The molecule has 1 atom stereocenters. The quantitative estimate of drug-likeness (QED) is 0.674. The van der Waals surface area contributed by atoms with Crippen molar-refractivity contribution in [1.82, 2.24) is 24.9 Å². The number of hydrogen-bond acceptors (Lipinski definition) is 7. The van der Waals surface area contributed by atoms with E-state index in [2.05, 4.69) is 20.4 Å². The SMILES string of the molecule is Cc1cc(C)n2nc(S[C@H](C)C(=O)NCc3ccc4c(c3)OCO4)nc2n1. The maximum atomic E-state index is 12.4. The van der Waals surface area contributed by atoms with E-state index in [-0.39, 0.29) is 18.0 Å². The third-order valence-electron chi connectivity index (χ3n) is 4.15. The van der Waals surface area contributed by atoms with Crippen LogP contribution >= 0.6 is 11.8 Å². The van der Waals surface area contributed by atoms with E-state index in [1.165, 1.54) is 11.8 Å². The van der Waals surface area contributed by atoms with Gasteiger partial charge in [0.25, 0.3) is 5.78 Å². The molecule has 2 aromatic heterocycles. The third kappa shape index (κ3) is 3.68. The summed E-state index contributed by atoms with van der Waals surface area (Å²) >= 11 is 1.31. The zero-order valence-electron chi connectivity index (χ0n) is 15.2. The molecule has 140 valence electrons. The number of aryl methyl sites for hydroxylation is 2. The second kappa shape index (κ2) is 7.07. The minimum Gasteiger partial charge on any atom is -0.454 e. The number of fused-ring (bicyclic) bond motifs is 2. The van der Waals surface area contributed by atoms with E-state index in [1.807, 2.05) is 45.0 Å². The molecule has 0 saturated heterocycles. The van der Waals surface area contributed by atoms with Crippen molar-refractivity contribution in [2.45, 2.75) is 37.7 Å². The first-order chi connectivity index (χ1) is 13.0. The molecule has 9 heteroatoms. The van der Waals surface area contributed by atoms with Crippen LogP contribution in [-0.2, 0) is 11.3 Å². The molecule has 0 bridgehead atoms. The van der Waals surface area contributed by atoms with Crippen molar-refractivity contribution in [3.63, 3.8) is 0 Å². The Morgan fingerprint density at radius 2 is 2.07 bits per heavy atom. The number of ether oxygens (including phenoxy) is 2. The van der Waals surface area contributed by atoms with Crippen LogP contribution in [0.15, 0.2) is 29.4 Å². The van der Waals surface area contributed by atoms with E-state index in [0.29, 0.717) is 23.2 Å². The van der Waals surface area contributed by atoms with Gasteiger partial charge in [0.1, 0.15) is 0 Å². The van der Waals surface area contributed by atoms with Gasteiger partial charge in [-0.25, -0.2) is 9.50 Å². The van der Waals surface area contributed by atoms with E-state index < -0.39 is 0 Å². The Balaban J connectivity index is 1.38. The van der Waals surface area contributed by atoms with Crippen LogP contribution in [0.2, 0.25) is 0 Å². The standard InChI is InChI=1S/C18H19N5O3S/c1-10-6-11(2)23-17(20-10)21-18(22-23)27-12(3)16(24)19-8-13-4-5-14-15(7-13)26-9-25-14/h4-7,12H,8-9H2,1-3H3,(H,19,24)/t12-/m1/s1. The number of thioether (sulfide) groups is 1. The van der Waals surface area contributed by atoms with Gasteiger partial charge in [0, 0.05) is 17.9 Å². The van der Waals surface area contributed by atoms with E-state index in [9.17, 15) is 4.79 Å². The molecule has 1 aliphatic rings. The number of carbonyl (C=O) groups is 1. The first kappa shape index (κ1) is 17.6. The first-order valence-electron chi connectivity index (χ1n) is 8.53. The zero-order valence-corrected chi connectivity index (χ0v) is 16.0. The summed E-state index contributed by atoms with van der Waals surface area (Å²) in [6.45, 7) is 6.35. The third-order valence-corrected chi connectivity index (χ3v) is 5.11. The van der Waals surface area contributed by atoms with Crippen LogP contribution in [-0.4, -0.2) is 37.5 Å². The van der Waals surface area contributed by atoms with E-state index in [1.54, 1.807) is 4.52 Å². The highest BCUT2D eigenvalue weighted by Crippen LogP contribution is 2.32. The van der Waals surface area contributed by atoms with Crippen molar-refractivity contribution >= 4 is 23.4 Å². The van der Waals surface area contributed by atoms with Crippen molar-refractivity contribution < 1.29 is 14.3 Å². The molecular formula is C18H19N5O3S. The molecular weight excluding hydrogens is 366 g/mol. The highest BCUT2D eigenvalue weighted by Gasteiger charge is 2.19. The second-order valence-electron chi connectivity index (χ2n) is 6.31. The van der Waals surface area contributed by atoms with Crippen molar-refractivity contribution in [3.8, 4) is 11.5 Å². The normalized spacial score (nSPS) is 13.7. The lowest BCUT2D eigenvalue weighted by atomic mass is 10.2. The van der Waals surface area contributed by atoms with Gasteiger partial charge in [-0.15, -0.1) is 5.10 Å². The number of nitrogens with zero attached hydrogens (tertiary/aromatic N) is 4. The van der Waals surface area contributed by atoms with Crippen LogP contribution in [0.25, 0.3) is 5.78 Å². The van der Waals surface area contributed by atoms with Gasteiger partial charge < -0.3 is 14.8 Å². The molecule has 1 N–H and O–H groups in total. The first-order valence-corrected chi connectivity index (χ1v) is 9.41. The van der Waals surface area contributed by atoms with Gasteiger partial charge in [-0.3, -0.25) is 4.79 Å². The maximum Gasteiger partial charge on any atom is 0.253 e. The Labute approximate surface area is 160 Å². The summed E-state index contributed by atoms with van der Waals surface area (Å²) < 4.78 is 12.3. The highest BCUT2D eigenvalue weighted by molar-refractivity contribution is 8.00. The number of rotatable bonds is 5. The highest BCUT2D eigenvalue weighted by atomic mass is 32.2. The predicted octanol–water partition coefficient (Wildman–Crippen LogP) is 2.27. The molecule has 3 heterocycles. The van der Waals surface area contributed by atoms with E-state index in [0.717, 1.165) is 22.7 Å². The van der Waals surface area contributed by atoms with Crippen LogP contribution in [0.5, 0.6) is 11.5 Å². The van der Waals surface area contributed by atoms with Crippen LogP contribution < -0.4 is 14.8 Å². The van der Waals surface area contributed by atoms with Gasteiger partial charge in [-0.05, 0) is 44.5 Å². The molecule has 0 radical (unpaired) electrons. The van der Waals surface area contributed by atoms with Gasteiger partial charge in [0.05, 0.1) is 5.25 Å². The van der Waals surface area contributed by atoms with Gasteiger partial charge >= 0.3 is 0 Å². The van der Waals surface area contributed by atoms with Crippen LogP contribution in [0, 0.1) is 13.8 Å². The smallest absolute Gasteiger partial charge is 0.253 e. The molecule has 1 aromatic carbocycles. The Morgan fingerprint density at radius 1 is 1.26 bits per heavy atom. The minimum atomic E-state index is -0.335. The summed E-state index contributed by atoms with van der Waals surface area (Å²) in [6.07, 6.45) is 0. The van der Waals surface area contributed by atoms with E-state index in [4.69, 9.17) is 9.47 Å². The zero-order chi connectivity index (χ0) is 19.0. The Bertz CT molecular complexity index is 1020. The molecule has 0 saturated carbocycles. The molecule has 3 aromatic rings. The van der Waals surface area contributed by atoms with Crippen molar-refractivity contribution in [2.24, 2.45) is 0 Å². The number of amides is 1. The Morgan fingerprint density at radius 3 is 2.93 bits per heavy atom. The fourth-order valence-electron chi connectivity index (χ4n) is 2.79. The largest absolute Gasteiger partial charge is 0.454 e. The summed E-state index contributed by atoms with van der Waals surface area (Å²) in [5.41, 5.74) is 2.79. The summed E-state index contributed by atoms with van der Waals surface area (Å²) in [5.74, 6) is 1.89. The van der Waals surface area contributed by atoms with Crippen molar-refractivity contribution in [2.75, 3.05) is 6.79 Å². The average Bonchev–Trinajstić information content (AvgIpc) is 3.25. The lowest BCUT2D eigenvalue weighted by molar-refractivity contribution is -0.120. The fourth-order valence-corrected chi connectivity index (χ4v) is 3.56. The number of carbonyl (C=O) groups excluding carboxylic acids is 1. The molecule has 0 fully saturated rings. The average molecular weight is 385 g/mol. The minimum absolute atomic E-state index is 0.0858. The van der Waals surface area contributed by atoms with Crippen LogP contribution in [0.1, 0.15) is 23.9 Å². The monoisotopic (exact) mass is 385 g/mol. The second-order valence-corrected chi connectivity index (χ2v) is 7.62. The summed E-state index contributed by atoms with van der Waals surface area (Å²) in [6, 6.07) is 7.57. The van der Waals surface area contributed by atoms with Gasteiger partial charge in [0.2, 0.25) is 17.9 Å². The van der Waals surface area contributed by atoms with Crippen LogP contribution in [0.3, 0.4) is 0 Å². The Hall–Kier alpha value is -2.81. The fraction of sp³-hybridized carbons (Fsp3) is 0.333. The maximum absolute atomic E-state index is 12.4. The topological polar surface area (TPSA) is 90.6 Å². The molecule has 1 aliphatic heterocycles. The molecule has 0 spiro atoms. The number of nitrogens with one attached hydrogen (secondary N) is 1.